The van der Waals surface area contributed by atoms with Gasteiger partial charge in [0.25, 0.3) is 0 Å². The maximum atomic E-state index is 12.6. The second kappa shape index (κ2) is 9.25. The fraction of sp³-hybridized carbons (Fsp3) is 0.636. The predicted octanol–water partition coefficient (Wildman–Crippen LogP) is 4.19. The summed E-state index contributed by atoms with van der Waals surface area (Å²) in [5.41, 5.74) is -0.526. The molecule has 2 heterocycles. The van der Waals surface area contributed by atoms with Crippen molar-refractivity contribution in [2.75, 3.05) is 24.2 Å². The highest BCUT2D eigenvalue weighted by Gasteiger charge is 2.31. The molecule has 0 aliphatic carbocycles. The summed E-state index contributed by atoms with van der Waals surface area (Å²) >= 11 is 1.34. The monoisotopic (exact) mass is 433 g/mol. The summed E-state index contributed by atoms with van der Waals surface area (Å²) in [6.07, 6.45) is 3.09. The van der Waals surface area contributed by atoms with E-state index in [1.54, 1.807) is 26.8 Å². The summed E-state index contributed by atoms with van der Waals surface area (Å²) in [7, 11) is 0. The maximum absolute atomic E-state index is 12.6. The van der Waals surface area contributed by atoms with Gasteiger partial charge in [0.1, 0.15) is 28.1 Å². The van der Waals surface area contributed by atoms with Gasteiger partial charge in [-0.1, -0.05) is 0 Å². The predicted molar refractivity (Wildman–Crippen MR) is 117 cm³/mol. The van der Waals surface area contributed by atoms with Crippen LogP contribution in [0.1, 0.15) is 70.3 Å². The number of aromatic nitrogens is 1. The van der Waals surface area contributed by atoms with Crippen molar-refractivity contribution in [2.24, 2.45) is 5.92 Å². The van der Waals surface area contributed by atoms with E-state index in [0.29, 0.717) is 47.9 Å². The number of hydrogen-bond acceptors (Lipinski definition) is 8. The van der Waals surface area contributed by atoms with Crippen molar-refractivity contribution >= 4 is 29.5 Å². The van der Waals surface area contributed by atoms with Crippen LogP contribution in [0.3, 0.4) is 0 Å². The van der Waals surface area contributed by atoms with E-state index in [0.717, 1.165) is 0 Å². The Morgan fingerprint density at radius 2 is 1.70 bits per heavy atom. The molecular formula is C22H31N3O4S. The summed E-state index contributed by atoms with van der Waals surface area (Å²) in [6, 6.07) is 3.71. The van der Waals surface area contributed by atoms with Gasteiger partial charge in [0.05, 0.1) is 17.0 Å². The Hall–Kier alpha value is -2.27. The lowest BCUT2D eigenvalue weighted by Crippen LogP contribution is -2.39. The van der Waals surface area contributed by atoms with Crippen LogP contribution in [0.25, 0.3) is 0 Å². The molecule has 1 aromatic rings. The number of nitriles is 1. The quantitative estimate of drug-likeness (QED) is 0.515. The molecule has 0 radical (unpaired) electrons. The second-order valence-corrected chi connectivity index (χ2v) is 10.1. The van der Waals surface area contributed by atoms with Crippen LogP contribution in [-0.2, 0) is 14.3 Å². The highest BCUT2D eigenvalue weighted by atomic mass is 32.2. The zero-order chi connectivity index (χ0) is 22.7. The minimum atomic E-state index is -0.637. The van der Waals surface area contributed by atoms with Gasteiger partial charge in [-0.2, -0.15) is 5.26 Å². The van der Waals surface area contributed by atoms with E-state index >= 15 is 0 Å². The van der Waals surface area contributed by atoms with E-state index in [-0.39, 0.29) is 11.9 Å². The van der Waals surface area contributed by atoms with Crippen LogP contribution < -0.4 is 4.90 Å². The number of esters is 2. The molecule has 1 saturated heterocycles. The fourth-order valence-electron chi connectivity index (χ4n) is 3.16. The molecule has 0 atom stereocenters. The zero-order valence-electron chi connectivity index (χ0n) is 18.9. The largest absolute Gasteiger partial charge is 0.460 e. The lowest BCUT2D eigenvalue weighted by Gasteiger charge is -2.33. The summed E-state index contributed by atoms with van der Waals surface area (Å²) < 4.78 is 11.0. The number of carbonyl (C=O) groups excluding carboxylic acids is 2. The lowest BCUT2D eigenvalue weighted by atomic mass is 9.96. The number of rotatable bonds is 4. The van der Waals surface area contributed by atoms with Gasteiger partial charge in [-0.3, -0.25) is 4.79 Å². The molecular weight excluding hydrogens is 402 g/mol. The maximum Gasteiger partial charge on any atom is 0.341 e. The van der Waals surface area contributed by atoms with Crippen LogP contribution in [-0.4, -0.2) is 47.5 Å². The molecule has 1 aliphatic rings. The number of hydrogen-bond donors (Lipinski definition) is 0. The van der Waals surface area contributed by atoms with Crippen LogP contribution in [0.2, 0.25) is 0 Å². The average molecular weight is 434 g/mol. The first-order valence-corrected chi connectivity index (χ1v) is 11.3. The Labute approximate surface area is 183 Å². The second-order valence-electron chi connectivity index (χ2n) is 9.32. The third kappa shape index (κ3) is 6.36. The summed E-state index contributed by atoms with van der Waals surface area (Å²) in [5.74, 6) is -0.296. The molecule has 2 rings (SSSR count). The third-order valence-electron chi connectivity index (χ3n) is 4.43. The van der Waals surface area contributed by atoms with Crippen molar-refractivity contribution in [3.8, 4) is 6.07 Å². The van der Waals surface area contributed by atoms with E-state index in [4.69, 9.17) is 9.47 Å². The van der Waals surface area contributed by atoms with Gasteiger partial charge in [-0.25, -0.2) is 9.78 Å². The van der Waals surface area contributed by atoms with Gasteiger partial charge in [0.2, 0.25) is 0 Å². The molecule has 164 valence electrons. The van der Waals surface area contributed by atoms with Gasteiger partial charge in [-0.05, 0) is 66.7 Å². The molecule has 8 heteroatoms. The zero-order valence-corrected chi connectivity index (χ0v) is 19.7. The van der Waals surface area contributed by atoms with Crippen molar-refractivity contribution < 1.29 is 19.1 Å². The Morgan fingerprint density at radius 3 is 2.17 bits per heavy atom. The van der Waals surface area contributed by atoms with E-state index in [1.165, 1.54) is 11.8 Å². The van der Waals surface area contributed by atoms with Crippen LogP contribution >= 0.6 is 11.8 Å². The molecule has 1 fully saturated rings. The molecule has 7 nitrogen and oxygen atoms in total. The van der Waals surface area contributed by atoms with Gasteiger partial charge < -0.3 is 14.4 Å². The van der Waals surface area contributed by atoms with E-state index in [9.17, 15) is 14.9 Å². The van der Waals surface area contributed by atoms with Crippen molar-refractivity contribution in [2.45, 2.75) is 70.6 Å². The molecule has 0 aromatic carbocycles. The van der Waals surface area contributed by atoms with Crippen LogP contribution in [0.5, 0.6) is 0 Å². The fourth-order valence-corrected chi connectivity index (χ4v) is 3.70. The summed E-state index contributed by atoms with van der Waals surface area (Å²) in [6.45, 7) is 12.1. The van der Waals surface area contributed by atoms with Crippen LogP contribution in [0.4, 0.5) is 5.82 Å². The minimum absolute atomic E-state index is 0.160. The molecule has 1 aromatic heterocycles. The number of anilines is 1. The number of carbonyl (C=O) groups is 2. The Morgan fingerprint density at radius 1 is 1.13 bits per heavy atom. The SMILES string of the molecule is CSc1nc(N2CCC(C(=O)OC(C)(C)C)CC2)c(C#N)cc1C(=O)OC(C)(C)C. The van der Waals surface area contributed by atoms with Gasteiger partial charge in [-0.15, -0.1) is 11.8 Å². The first kappa shape index (κ1) is 24.0. The molecule has 1 aliphatic heterocycles. The van der Waals surface area contributed by atoms with Gasteiger partial charge in [0, 0.05) is 13.1 Å². The third-order valence-corrected chi connectivity index (χ3v) is 5.13. The minimum Gasteiger partial charge on any atom is -0.460 e. The first-order valence-electron chi connectivity index (χ1n) is 10.0. The Kier molecular flexibility index (Phi) is 7.40. The Bertz CT molecular complexity index is 842. The lowest BCUT2D eigenvalue weighted by molar-refractivity contribution is -0.160. The van der Waals surface area contributed by atoms with Crippen molar-refractivity contribution in [3.63, 3.8) is 0 Å². The van der Waals surface area contributed by atoms with E-state index < -0.39 is 17.2 Å². The molecule has 0 saturated carbocycles. The normalized spacial score (nSPS) is 15.5. The molecule has 0 bridgehead atoms. The van der Waals surface area contributed by atoms with Crippen LogP contribution in [0, 0.1) is 17.2 Å². The first-order chi connectivity index (χ1) is 13.8. The molecule has 0 amide bonds. The van der Waals surface area contributed by atoms with Crippen molar-refractivity contribution in [3.05, 3.63) is 17.2 Å². The standard InChI is InChI=1S/C22H31N3O4S/c1-21(2,3)28-19(26)14-8-10-25(11-9-14)17-15(13-23)12-16(18(24-17)30-7)20(27)29-22(4,5)6/h12,14H,8-11H2,1-7H3. The van der Waals surface area contributed by atoms with E-state index in [1.807, 2.05) is 31.9 Å². The molecule has 0 N–H and O–H groups in total. The number of nitrogens with zero attached hydrogens (tertiary/aromatic N) is 3. The highest BCUT2D eigenvalue weighted by molar-refractivity contribution is 7.98. The van der Waals surface area contributed by atoms with Crippen LogP contribution in [0.15, 0.2) is 11.1 Å². The number of ether oxygens (including phenoxy) is 2. The van der Waals surface area contributed by atoms with Crippen molar-refractivity contribution in [1.29, 1.82) is 5.26 Å². The number of piperidine rings is 1. The van der Waals surface area contributed by atoms with E-state index in [2.05, 4.69) is 11.1 Å². The molecule has 0 spiro atoms. The summed E-state index contributed by atoms with van der Waals surface area (Å²) in [5, 5.41) is 10.2. The van der Waals surface area contributed by atoms with Crippen molar-refractivity contribution in [1.82, 2.24) is 4.98 Å². The molecule has 0 unspecified atom stereocenters. The number of pyridine rings is 1. The average Bonchev–Trinajstić information content (AvgIpc) is 2.64. The number of thioether (sulfide) groups is 1. The summed E-state index contributed by atoms with van der Waals surface area (Å²) in [4.78, 5) is 31.5. The highest BCUT2D eigenvalue weighted by Crippen LogP contribution is 2.31. The topological polar surface area (TPSA) is 92.5 Å². The Balaban J connectivity index is 2.22. The van der Waals surface area contributed by atoms with Gasteiger partial charge in [0.15, 0.2) is 0 Å². The smallest absolute Gasteiger partial charge is 0.341 e. The molecule has 30 heavy (non-hydrogen) atoms. The van der Waals surface area contributed by atoms with Gasteiger partial charge >= 0.3 is 11.9 Å².